The predicted molar refractivity (Wildman–Crippen MR) is 94.4 cm³/mol. The fourth-order valence-electron chi connectivity index (χ4n) is 3.52. The maximum Gasteiger partial charge on any atom is 0.119 e. The number of ether oxygens (including phenoxy) is 1. The van der Waals surface area contributed by atoms with Gasteiger partial charge in [-0.15, -0.1) is 0 Å². The lowest BCUT2D eigenvalue weighted by Gasteiger charge is -2.15. The zero-order valence-electron chi connectivity index (χ0n) is 13.9. The maximum absolute atomic E-state index is 10.4. The van der Waals surface area contributed by atoms with E-state index in [-0.39, 0.29) is 6.61 Å². The number of nitrogens with zero attached hydrogens (tertiary/aromatic N) is 2. The minimum absolute atomic E-state index is 0.282. The van der Waals surface area contributed by atoms with Crippen molar-refractivity contribution in [1.82, 2.24) is 9.55 Å². The molecule has 1 atom stereocenters. The Morgan fingerprint density at radius 3 is 2.92 bits per heavy atom. The summed E-state index contributed by atoms with van der Waals surface area (Å²) >= 11 is 0. The minimum atomic E-state index is -0.574. The van der Waals surface area contributed by atoms with Crippen LogP contribution in [0.25, 0.3) is 11.0 Å². The van der Waals surface area contributed by atoms with Crippen LogP contribution in [0.3, 0.4) is 0 Å². The van der Waals surface area contributed by atoms with Gasteiger partial charge in [0.25, 0.3) is 0 Å². The Balaban J connectivity index is 1.43. The number of aromatic nitrogens is 2. The lowest BCUT2D eigenvalue weighted by Crippen LogP contribution is -2.24. The molecule has 0 aliphatic heterocycles. The monoisotopic (exact) mass is 322 g/mol. The van der Waals surface area contributed by atoms with Crippen LogP contribution in [0.15, 0.2) is 42.5 Å². The number of rotatable bonds is 5. The lowest BCUT2D eigenvalue weighted by molar-refractivity contribution is 0.0929. The fraction of sp³-hybridized carbons (Fsp3) is 0.350. The van der Waals surface area contributed by atoms with Crippen LogP contribution >= 0.6 is 0 Å². The molecule has 4 heteroatoms. The molecule has 4 rings (SSSR count). The van der Waals surface area contributed by atoms with Gasteiger partial charge in [0.15, 0.2) is 0 Å². The third-order valence-corrected chi connectivity index (χ3v) is 4.75. The Hall–Kier alpha value is -2.33. The second-order valence-corrected chi connectivity index (χ2v) is 6.51. The van der Waals surface area contributed by atoms with Gasteiger partial charge in [0.2, 0.25) is 0 Å². The normalized spacial score (nSPS) is 14.8. The first-order valence-corrected chi connectivity index (χ1v) is 8.55. The zero-order chi connectivity index (χ0) is 16.5. The molecular weight excluding hydrogens is 300 g/mol. The smallest absolute Gasteiger partial charge is 0.119 e. The summed E-state index contributed by atoms with van der Waals surface area (Å²) in [7, 11) is 0. The van der Waals surface area contributed by atoms with Gasteiger partial charge in [-0.1, -0.05) is 18.2 Å². The molecule has 1 heterocycles. The van der Waals surface area contributed by atoms with Gasteiger partial charge in [-0.25, -0.2) is 4.98 Å². The van der Waals surface area contributed by atoms with Gasteiger partial charge < -0.3 is 14.4 Å². The van der Waals surface area contributed by atoms with Crippen molar-refractivity contribution in [2.75, 3.05) is 6.61 Å². The van der Waals surface area contributed by atoms with Crippen LogP contribution in [-0.2, 0) is 19.4 Å². The van der Waals surface area contributed by atoms with Crippen molar-refractivity contribution in [2.24, 2.45) is 0 Å². The molecule has 2 aromatic carbocycles. The highest BCUT2D eigenvalue weighted by Crippen LogP contribution is 2.26. The van der Waals surface area contributed by atoms with Crippen LogP contribution in [0.4, 0.5) is 0 Å². The van der Waals surface area contributed by atoms with E-state index in [9.17, 15) is 5.11 Å². The van der Waals surface area contributed by atoms with Crippen LogP contribution in [0.1, 0.15) is 23.4 Å². The van der Waals surface area contributed by atoms with Gasteiger partial charge in [-0.05, 0) is 61.6 Å². The van der Waals surface area contributed by atoms with Crippen LogP contribution in [0, 0.1) is 6.92 Å². The van der Waals surface area contributed by atoms with Crippen molar-refractivity contribution in [3.63, 3.8) is 0 Å². The molecule has 1 aromatic heterocycles. The molecule has 1 N–H and O–H groups in total. The van der Waals surface area contributed by atoms with Crippen LogP contribution < -0.4 is 4.74 Å². The van der Waals surface area contributed by atoms with E-state index in [0.29, 0.717) is 6.54 Å². The van der Waals surface area contributed by atoms with E-state index in [4.69, 9.17) is 4.74 Å². The summed E-state index contributed by atoms with van der Waals surface area (Å²) in [5, 5.41) is 10.4. The highest BCUT2D eigenvalue weighted by atomic mass is 16.5. The molecule has 1 aliphatic rings. The van der Waals surface area contributed by atoms with Crippen molar-refractivity contribution < 1.29 is 9.84 Å². The molecule has 0 amide bonds. The van der Waals surface area contributed by atoms with Crippen molar-refractivity contribution in [3.8, 4) is 5.75 Å². The predicted octanol–water partition coefficient (Wildman–Crippen LogP) is 3.27. The number of aliphatic hydroxyl groups is 1. The van der Waals surface area contributed by atoms with E-state index in [1.165, 1.54) is 24.0 Å². The first-order valence-electron chi connectivity index (χ1n) is 8.55. The lowest BCUT2D eigenvalue weighted by atomic mass is 10.1. The van der Waals surface area contributed by atoms with Gasteiger partial charge in [-0.3, -0.25) is 0 Å². The molecule has 0 fully saturated rings. The molecular formula is C20H22N2O2. The molecule has 3 aromatic rings. The SMILES string of the molecule is Cc1nc2ccccc2n1C[C@@H](O)COc1ccc2c(c1)CCC2. The van der Waals surface area contributed by atoms with E-state index in [2.05, 4.69) is 17.1 Å². The van der Waals surface area contributed by atoms with E-state index in [0.717, 1.165) is 29.0 Å². The highest BCUT2D eigenvalue weighted by molar-refractivity contribution is 5.75. The molecule has 0 radical (unpaired) electrons. The van der Waals surface area contributed by atoms with E-state index >= 15 is 0 Å². The Kier molecular flexibility index (Phi) is 3.98. The summed E-state index contributed by atoms with van der Waals surface area (Å²) in [6.07, 6.45) is 2.96. The Morgan fingerprint density at radius 2 is 2.00 bits per heavy atom. The van der Waals surface area contributed by atoms with Crippen molar-refractivity contribution in [1.29, 1.82) is 0 Å². The third kappa shape index (κ3) is 2.89. The average Bonchev–Trinajstić information content (AvgIpc) is 3.17. The van der Waals surface area contributed by atoms with E-state index < -0.39 is 6.10 Å². The van der Waals surface area contributed by atoms with Crippen molar-refractivity contribution >= 4 is 11.0 Å². The fourth-order valence-corrected chi connectivity index (χ4v) is 3.52. The largest absolute Gasteiger partial charge is 0.491 e. The van der Waals surface area contributed by atoms with Crippen LogP contribution in [0.2, 0.25) is 0 Å². The van der Waals surface area contributed by atoms with E-state index in [1.807, 2.05) is 41.8 Å². The maximum atomic E-state index is 10.4. The number of benzene rings is 2. The second kappa shape index (κ2) is 6.29. The molecule has 0 saturated heterocycles. The summed E-state index contributed by atoms with van der Waals surface area (Å²) in [4.78, 5) is 4.53. The third-order valence-electron chi connectivity index (χ3n) is 4.75. The molecule has 124 valence electrons. The summed E-state index contributed by atoms with van der Waals surface area (Å²) in [5.74, 6) is 1.76. The first-order chi connectivity index (χ1) is 11.7. The first kappa shape index (κ1) is 15.2. The molecule has 4 nitrogen and oxygen atoms in total. The summed E-state index contributed by atoms with van der Waals surface area (Å²) in [6.45, 7) is 2.73. The number of hydrogen-bond donors (Lipinski definition) is 1. The van der Waals surface area contributed by atoms with Crippen molar-refractivity contribution in [2.45, 2.75) is 38.8 Å². The number of para-hydroxylation sites is 2. The minimum Gasteiger partial charge on any atom is -0.491 e. The zero-order valence-corrected chi connectivity index (χ0v) is 13.9. The number of imidazole rings is 1. The molecule has 24 heavy (non-hydrogen) atoms. The van der Waals surface area contributed by atoms with Crippen LogP contribution in [0.5, 0.6) is 5.75 Å². The molecule has 0 bridgehead atoms. The summed E-state index contributed by atoms with van der Waals surface area (Å²) in [5.41, 5.74) is 4.83. The number of aryl methyl sites for hydroxylation is 3. The summed E-state index contributed by atoms with van der Waals surface area (Å²) < 4.78 is 7.86. The Morgan fingerprint density at radius 1 is 1.17 bits per heavy atom. The van der Waals surface area contributed by atoms with Gasteiger partial charge in [0.05, 0.1) is 17.6 Å². The second-order valence-electron chi connectivity index (χ2n) is 6.51. The quantitative estimate of drug-likeness (QED) is 0.784. The Bertz CT molecular complexity index is 869. The van der Waals surface area contributed by atoms with Crippen molar-refractivity contribution in [3.05, 3.63) is 59.4 Å². The molecule has 0 unspecified atom stereocenters. The standard InChI is InChI=1S/C20H22N2O2/c1-14-21-19-7-2-3-8-20(19)22(14)12-17(23)13-24-18-10-9-15-5-4-6-16(15)11-18/h2-3,7-11,17,23H,4-6,12-13H2,1H3/t17-/m1/s1. The van der Waals surface area contributed by atoms with E-state index in [1.54, 1.807) is 0 Å². The van der Waals surface area contributed by atoms with Gasteiger partial charge in [-0.2, -0.15) is 0 Å². The van der Waals surface area contributed by atoms with Gasteiger partial charge in [0, 0.05) is 0 Å². The number of aliphatic hydroxyl groups excluding tert-OH is 1. The molecule has 1 aliphatic carbocycles. The molecule has 0 saturated carbocycles. The molecule has 0 spiro atoms. The number of hydrogen-bond acceptors (Lipinski definition) is 3. The van der Waals surface area contributed by atoms with Gasteiger partial charge in [0.1, 0.15) is 24.3 Å². The summed E-state index contributed by atoms with van der Waals surface area (Å²) in [6, 6.07) is 14.3. The number of fused-ring (bicyclic) bond motifs is 2. The van der Waals surface area contributed by atoms with Gasteiger partial charge >= 0.3 is 0 Å². The average molecular weight is 322 g/mol. The topological polar surface area (TPSA) is 47.3 Å². The van der Waals surface area contributed by atoms with Crippen LogP contribution in [-0.4, -0.2) is 27.4 Å². The Labute approximate surface area is 141 Å². The highest BCUT2D eigenvalue weighted by Gasteiger charge is 2.14.